The maximum atomic E-state index is 13.5. The smallest absolute Gasteiger partial charge is 0.220 e. The summed E-state index contributed by atoms with van der Waals surface area (Å²) in [4.78, 5) is 11.7. The van der Waals surface area contributed by atoms with E-state index < -0.39 is 0 Å². The van der Waals surface area contributed by atoms with Gasteiger partial charge in [-0.1, -0.05) is 6.07 Å². The molecule has 1 saturated heterocycles. The van der Waals surface area contributed by atoms with Crippen molar-refractivity contribution in [3.8, 4) is 5.75 Å². The minimum Gasteiger partial charge on any atom is -0.494 e. The fourth-order valence-electron chi connectivity index (χ4n) is 2.60. The molecule has 4 nitrogen and oxygen atoms in total. The molecule has 1 aliphatic rings. The molecule has 0 spiro atoms. The normalized spacial score (nSPS) is 16.9. The lowest BCUT2D eigenvalue weighted by Crippen LogP contribution is -2.26. The molecular formula is C16H24ClFN2O2. The predicted octanol–water partition coefficient (Wildman–Crippen LogP) is 2.30. The number of rotatable bonds is 7. The quantitative estimate of drug-likeness (QED) is 0.806. The van der Waals surface area contributed by atoms with Crippen molar-refractivity contribution in [2.45, 2.75) is 25.7 Å². The highest BCUT2D eigenvalue weighted by atomic mass is 35.5. The molecule has 1 fully saturated rings. The molecule has 0 aromatic heterocycles. The lowest BCUT2D eigenvalue weighted by molar-refractivity contribution is -0.121. The molecule has 22 heavy (non-hydrogen) atoms. The van der Waals surface area contributed by atoms with Gasteiger partial charge in [-0.2, -0.15) is 0 Å². The van der Waals surface area contributed by atoms with Crippen LogP contribution in [0.3, 0.4) is 0 Å². The van der Waals surface area contributed by atoms with E-state index in [-0.39, 0.29) is 29.9 Å². The zero-order chi connectivity index (χ0) is 15.1. The highest BCUT2D eigenvalue weighted by Crippen LogP contribution is 2.18. The SMILES string of the molecule is COc1ccc(CCNC(=O)CCC2CCNC2)cc1F.Cl. The van der Waals surface area contributed by atoms with E-state index in [1.54, 1.807) is 6.07 Å². The van der Waals surface area contributed by atoms with Crippen molar-refractivity contribution in [3.05, 3.63) is 29.6 Å². The second-order valence-corrected chi connectivity index (χ2v) is 5.47. The summed E-state index contributed by atoms with van der Waals surface area (Å²) in [5.41, 5.74) is 0.855. The first-order valence-electron chi connectivity index (χ1n) is 7.49. The third kappa shape index (κ3) is 5.81. The van der Waals surface area contributed by atoms with Crippen LogP contribution < -0.4 is 15.4 Å². The third-order valence-electron chi connectivity index (χ3n) is 3.89. The van der Waals surface area contributed by atoms with Crippen LogP contribution in [0.2, 0.25) is 0 Å². The number of hydrogen-bond acceptors (Lipinski definition) is 3. The molecule has 1 aromatic carbocycles. The van der Waals surface area contributed by atoms with Crippen LogP contribution in [-0.2, 0) is 11.2 Å². The molecule has 1 unspecified atom stereocenters. The second-order valence-electron chi connectivity index (χ2n) is 5.47. The third-order valence-corrected chi connectivity index (χ3v) is 3.89. The van der Waals surface area contributed by atoms with Crippen LogP contribution in [0.4, 0.5) is 4.39 Å². The number of ether oxygens (including phenoxy) is 1. The van der Waals surface area contributed by atoms with Gasteiger partial charge in [-0.25, -0.2) is 4.39 Å². The van der Waals surface area contributed by atoms with Crippen molar-refractivity contribution in [2.24, 2.45) is 5.92 Å². The molecule has 2 N–H and O–H groups in total. The van der Waals surface area contributed by atoms with Crippen LogP contribution >= 0.6 is 12.4 Å². The van der Waals surface area contributed by atoms with Crippen LogP contribution in [0.1, 0.15) is 24.8 Å². The minimum atomic E-state index is -0.366. The number of methoxy groups -OCH3 is 1. The average molecular weight is 331 g/mol. The van der Waals surface area contributed by atoms with Gasteiger partial charge in [0.15, 0.2) is 11.6 Å². The molecule has 0 bridgehead atoms. The molecule has 2 rings (SSSR count). The monoisotopic (exact) mass is 330 g/mol. The van der Waals surface area contributed by atoms with Gasteiger partial charge in [0.05, 0.1) is 7.11 Å². The van der Waals surface area contributed by atoms with Crippen LogP contribution in [0, 0.1) is 11.7 Å². The maximum Gasteiger partial charge on any atom is 0.220 e. The molecule has 1 atom stereocenters. The Morgan fingerprint density at radius 1 is 1.50 bits per heavy atom. The summed E-state index contributed by atoms with van der Waals surface area (Å²) in [6.07, 6.45) is 3.30. The van der Waals surface area contributed by atoms with Crippen LogP contribution in [-0.4, -0.2) is 32.7 Å². The molecule has 1 heterocycles. The fourth-order valence-corrected chi connectivity index (χ4v) is 2.60. The lowest BCUT2D eigenvalue weighted by Gasteiger charge is -2.09. The standard InChI is InChI=1S/C16H23FN2O2.ClH/c1-21-15-4-2-12(10-14(15)17)7-9-19-16(20)5-3-13-6-8-18-11-13;/h2,4,10,13,18H,3,5-9,11H2,1H3,(H,19,20);1H. The van der Waals surface area contributed by atoms with Crippen molar-refractivity contribution in [2.75, 3.05) is 26.7 Å². The summed E-state index contributed by atoms with van der Waals surface area (Å²) in [6.45, 7) is 2.63. The van der Waals surface area contributed by atoms with Gasteiger partial charge >= 0.3 is 0 Å². The first kappa shape index (κ1) is 18.7. The first-order valence-corrected chi connectivity index (χ1v) is 7.49. The van der Waals surface area contributed by atoms with E-state index in [2.05, 4.69) is 10.6 Å². The summed E-state index contributed by atoms with van der Waals surface area (Å²) in [7, 11) is 1.44. The summed E-state index contributed by atoms with van der Waals surface area (Å²) >= 11 is 0. The van der Waals surface area contributed by atoms with Crippen molar-refractivity contribution in [3.63, 3.8) is 0 Å². The largest absolute Gasteiger partial charge is 0.494 e. The Morgan fingerprint density at radius 2 is 2.32 bits per heavy atom. The van der Waals surface area contributed by atoms with Crippen molar-refractivity contribution < 1.29 is 13.9 Å². The van der Waals surface area contributed by atoms with E-state index >= 15 is 0 Å². The Morgan fingerprint density at radius 3 is 2.95 bits per heavy atom. The topological polar surface area (TPSA) is 50.4 Å². The van der Waals surface area contributed by atoms with Gasteiger partial charge < -0.3 is 15.4 Å². The molecule has 124 valence electrons. The average Bonchev–Trinajstić information content (AvgIpc) is 2.99. The highest BCUT2D eigenvalue weighted by Gasteiger charge is 2.15. The summed E-state index contributed by atoms with van der Waals surface area (Å²) < 4.78 is 18.4. The lowest BCUT2D eigenvalue weighted by atomic mass is 10.0. The van der Waals surface area contributed by atoms with Crippen LogP contribution in [0.25, 0.3) is 0 Å². The van der Waals surface area contributed by atoms with E-state index in [1.165, 1.54) is 19.6 Å². The summed E-state index contributed by atoms with van der Waals surface area (Å²) in [5, 5.41) is 6.19. The van der Waals surface area contributed by atoms with Gasteiger partial charge in [0.25, 0.3) is 0 Å². The Hall–Kier alpha value is -1.33. The van der Waals surface area contributed by atoms with Gasteiger partial charge in [-0.3, -0.25) is 4.79 Å². The summed E-state index contributed by atoms with van der Waals surface area (Å²) in [6, 6.07) is 4.88. The van der Waals surface area contributed by atoms with Gasteiger partial charge in [0.1, 0.15) is 0 Å². The molecule has 6 heteroatoms. The van der Waals surface area contributed by atoms with Crippen LogP contribution in [0.15, 0.2) is 18.2 Å². The van der Waals surface area contributed by atoms with E-state index in [9.17, 15) is 9.18 Å². The number of nitrogens with one attached hydrogen (secondary N) is 2. The molecule has 1 aliphatic heterocycles. The van der Waals surface area contributed by atoms with Crippen molar-refractivity contribution in [1.82, 2.24) is 10.6 Å². The van der Waals surface area contributed by atoms with E-state index in [4.69, 9.17) is 4.74 Å². The molecule has 1 amide bonds. The number of hydrogen-bond donors (Lipinski definition) is 2. The Labute approximate surface area is 137 Å². The highest BCUT2D eigenvalue weighted by molar-refractivity contribution is 5.85. The molecule has 0 aliphatic carbocycles. The molecule has 1 aromatic rings. The Bertz CT molecular complexity index is 479. The maximum absolute atomic E-state index is 13.5. The zero-order valence-corrected chi connectivity index (χ0v) is 13.7. The van der Waals surface area contributed by atoms with Crippen molar-refractivity contribution >= 4 is 18.3 Å². The number of carbonyl (C=O) groups excluding carboxylic acids is 1. The Balaban J connectivity index is 0.00000242. The van der Waals surface area contributed by atoms with E-state index in [0.29, 0.717) is 25.3 Å². The van der Waals surface area contributed by atoms with Gasteiger partial charge in [-0.15, -0.1) is 12.4 Å². The van der Waals surface area contributed by atoms with Gasteiger partial charge in [0.2, 0.25) is 5.91 Å². The minimum absolute atomic E-state index is 0. The van der Waals surface area contributed by atoms with Gasteiger partial charge in [0, 0.05) is 13.0 Å². The van der Waals surface area contributed by atoms with E-state index in [0.717, 1.165) is 25.1 Å². The predicted molar refractivity (Wildman–Crippen MR) is 87.1 cm³/mol. The van der Waals surface area contributed by atoms with Crippen molar-refractivity contribution in [1.29, 1.82) is 0 Å². The number of benzene rings is 1. The second kappa shape index (κ2) is 9.64. The zero-order valence-electron chi connectivity index (χ0n) is 12.9. The molecule has 0 radical (unpaired) electrons. The van der Waals surface area contributed by atoms with E-state index in [1.807, 2.05) is 6.07 Å². The molecular weight excluding hydrogens is 307 g/mol. The summed E-state index contributed by atoms with van der Waals surface area (Å²) in [5.74, 6) is 0.588. The van der Waals surface area contributed by atoms with Crippen LogP contribution in [0.5, 0.6) is 5.75 Å². The Kier molecular flexibility index (Phi) is 8.20. The number of amides is 1. The van der Waals surface area contributed by atoms with Gasteiger partial charge in [-0.05, 0) is 56.0 Å². The number of carbonyl (C=O) groups is 1. The number of halogens is 2. The first-order chi connectivity index (χ1) is 10.2. The molecule has 0 saturated carbocycles. The fraction of sp³-hybridized carbons (Fsp3) is 0.562.